The lowest BCUT2D eigenvalue weighted by Gasteiger charge is -2.38. The predicted octanol–water partition coefficient (Wildman–Crippen LogP) is 4.06. The quantitative estimate of drug-likeness (QED) is 0.644. The summed E-state index contributed by atoms with van der Waals surface area (Å²) in [5, 5.41) is 0. The summed E-state index contributed by atoms with van der Waals surface area (Å²) in [5.74, 6) is 3.74. The number of rotatable bonds is 2. The number of hydrogen-bond donors (Lipinski definition) is 0. The van der Waals surface area contributed by atoms with Gasteiger partial charge in [0.05, 0.1) is 0 Å². The molecule has 0 radical (unpaired) electrons. The summed E-state index contributed by atoms with van der Waals surface area (Å²) in [6, 6.07) is 0. The van der Waals surface area contributed by atoms with Crippen molar-refractivity contribution in [2.75, 3.05) is 0 Å². The molecule has 16 heavy (non-hydrogen) atoms. The van der Waals surface area contributed by atoms with Crippen LogP contribution >= 0.6 is 0 Å². The smallest absolute Gasteiger partial charge is 0.123 e. The van der Waals surface area contributed by atoms with Gasteiger partial charge in [0.15, 0.2) is 0 Å². The van der Waals surface area contributed by atoms with E-state index in [0.717, 1.165) is 17.8 Å². The van der Waals surface area contributed by atoms with Gasteiger partial charge >= 0.3 is 0 Å². The molecule has 1 heteroatoms. The summed E-state index contributed by atoms with van der Waals surface area (Å²) < 4.78 is 0. The fourth-order valence-corrected chi connectivity index (χ4v) is 3.77. The van der Waals surface area contributed by atoms with Crippen molar-refractivity contribution in [1.29, 1.82) is 0 Å². The molecule has 0 amide bonds. The van der Waals surface area contributed by atoms with E-state index < -0.39 is 0 Å². The zero-order chi connectivity index (χ0) is 11.5. The Balaban J connectivity index is 1.88. The Labute approximate surface area is 100.0 Å². The Bertz CT molecular complexity index is 228. The maximum absolute atomic E-state index is 11.1. The summed E-state index contributed by atoms with van der Waals surface area (Å²) in [7, 11) is 0. The van der Waals surface area contributed by atoms with E-state index >= 15 is 0 Å². The fourth-order valence-electron chi connectivity index (χ4n) is 3.77. The Morgan fingerprint density at radius 3 is 2.12 bits per heavy atom. The Kier molecular flexibility index (Phi) is 4.05. The van der Waals surface area contributed by atoms with Crippen LogP contribution in [0, 0.1) is 29.6 Å². The van der Waals surface area contributed by atoms with Crippen LogP contribution in [0.15, 0.2) is 0 Å². The maximum Gasteiger partial charge on any atom is 0.123 e. The van der Waals surface area contributed by atoms with Crippen LogP contribution < -0.4 is 0 Å². The van der Waals surface area contributed by atoms with Crippen molar-refractivity contribution >= 4 is 6.29 Å². The van der Waals surface area contributed by atoms with E-state index in [-0.39, 0.29) is 0 Å². The fraction of sp³-hybridized carbons (Fsp3) is 0.933. The van der Waals surface area contributed by atoms with Crippen LogP contribution in [-0.4, -0.2) is 6.29 Å². The number of carbonyl (C=O) groups excluding carboxylic acids is 1. The zero-order valence-electron chi connectivity index (χ0n) is 10.8. The topological polar surface area (TPSA) is 17.1 Å². The predicted molar refractivity (Wildman–Crippen MR) is 67.2 cm³/mol. The van der Waals surface area contributed by atoms with Crippen molar-refractivity contribution in [3.05, 3.63) is 0 Å². The second-order valence-electron chi connectivity index (χ2n) is 6.37. The van der Waals surface area contributed by atoms with Gasteiger partial charge in [-0.3, -0.25) is 0 Å². The maximum atomic E-state index is 11.1. The van der Waals surface area contributed by atoms with Crippen LogP contribution in [0.4, 0.5) is 0 Å². The number of hydrogen-bond acceptors (Lipinski definition) is 1. The standard InChI is InChI=1S/C15H26O/c1-11-3-6-13(7-4-11)14-8-5-12(2)15(9-14)10-16/h10-15H,3-9H2,1-2H3/t11?,12-,13?,14?,15-/m1/s1. The summed E-state index contributed by atoms with van der Waals surface area (Å²) in [6.07, 6.45) is 10.7. The highest BCUT2D eigenvalue weighted by atomic mass is 16.1. The molecule has 2 fully saturated rings. The molecule has 2 aliphatic rings. The lowest BCUT2D eigenvalue weighted by atomic mass is 9.66. The molecule has 2 aliphatic carbocycles. The molecular formula is C15H26O. The first-order valence-corrected chi connectivity index (χ1v) is 7.16. The summed E-state index contributed by atoms with van der Waals surface area (Å²) in [5.41, 5.74) is 0. The Morgan fingerprint density at radius 2 is 1.50 bits per heavy atom. The van der Waals surface area contributed by atoms with Gasteiger partial charge in [0.1, 0.15) is 6.29 Å². The van der Waals surface area contributed by atoms with Gasteiger partial charge < -0.3 is 4.79 Å². The van der Waals surface area contributed by atoms with Crippen molar-refractivity contribution in [2.45, 2.75) is 58.8 Å². The minimum atomic E-state index is 0.359. The molecule has 2 rings (SSSR count). The molecule has 0 aromatic heterocycles. The minimum absolute atomic E-state index is 0.359. The van der Waals surface area contributed by atoms with E-state index in [1.165, 1.54) is 51.2 Å². The van der Waals surface area contributed by atoms with Gasteiger partial charge in [-0.25, -0.2) is 0 Å². The Morgan fingerprint density at radius 1 is 0.875 bits per heavy atom. The minimum Gasteiger partial charge on any atom is -0.303 e. The van der Waals surface area contributed by atoms with Crippen LogP contribution in [0.5, 0.6) is 0 Å². The van der Waals surface area contributed by atoms with E-state index in [1.54, 1.807) is 0 Å². The number of carbonyl (C=O) groups is 1. The normalized spacial score (nSPS) is 45.2. The molecule has 0 bridgehead atoms. The lowest BCUT2D eigenvalue weighted by molar-refractivity contribution is -0.114. The van der Waals surface area contributed by atoms with Crippen molar-refractivity contribution in [3.63, 3.8) is 0 Å². The van der Waals surface area contributed by atoms with Crippen molar-refractivity contribution in [1.82, 2.24) is 0 Å². The largest absolute Gasteiger partial charge is 0.303 e. The lowest BCUT2D eigenvalue weighted by Crippen LogP contribution is -2.30. The first-order chi connectivity index (χ1) is 7.70. The molecule has 0 N–H and O–H groups in total. The van der Waals surface area contributed by atoms with Gasteiger partial charge in [-0.15, -0.1) is 0 Å². The van der Waals surface area contributed by atoms with Crippen LogP contribution in [0.25, 0.3) is 0 Å². The molecule has 0 heterocycles. The summed E-state index contributed by atoms with van der Waals surface area (Å²) >= 11 is 0. The molecule has 0 aliphatic heterocycles. The third kappa shape index (κ3) is 2.67. The van der Waals surface area contributed by atoms with E-state index in [0.29, 0.717) is 11.8 Å². The monoisotopic (exact) mass is 222 g/mol. The molecule has 0 aromatic rings. The van der Waals surface area contributed by atoms with Crippen molar-refractivity contribution < 1.29 is 4.79 Å². The van der Waals surface area contributed by atoms with Crippen LogP contribution in [0.2, 0.25) is 0 Å². The Hall–Kier alpha value is -0.330. The summed E-state index contributed by atoms with van der Waals surface area (Å²) in [4.78, 5) is 11.1. The first kappa shape index (κ1) is 12.1. The van der Waals surface area contributed by atoms with E-state index in [1.807, 2.05) is 0 Å². The van der Waals surface area contributed by atoms with Gasteiger partial charge in [-0.05, 0) is 55.8 Å². The van der Waals surface area contributed by atoms with Gasteiger partial charge in [0, 0.05) is 5.92 Å². The number of aldehydes is 1. The van der Waals surface area contributed by atoms with E-state index in [4.69, 9.17) is 0 Å². The van der Waals surface area contributed by atoms with Crippen molar-refractivity contribution in [2.24, 2.45) is 29.6 Å². The molecular weight excluding hydrogens is 196 g/mol. The van der Waals surface area contributed by atoms with E-state index in [9.17, 15) is 4.79 Å². The first-order valence-electron chi connectivity index (χ1n) is 7.16. The average molecular weight is 222 g/mol. The zero-order valence-corrected chi connectivity index (χ0v) is 10.8. The average Bonchev–Trinajstić information content (AvgIpc) is 2.31. The second-order valence-corrected chi connectivity index (χ2v) is 6.37. The molecule has 92 valence electrons. The molecule has 1 nitrogen and oxygen atoms in total. The highest BCUT2D eigenvalue weighted by molar-refractivity contribution is 5.54. The third-order valence-electron chi connectivity index (χ3n) is 5.20. The second kappa shape index (κ2) is 5.33. The van der Waals surface area contributed by atoms with E-state index in [2.05, 4.69) is 13.8 Å². The molecule has 3 atom stereocenters. The summed E-state index contributed by atoms with van der Waals surface area (Å²) in [6.45, 7) is 4.63. The van der Waals surface area contributed by atoms with Gasteiger partial charge in [0.25, 0.3) is 0 Å². The molecule has 2 saturated carbocycles. The molecule has 0 aromatic carbocycles. The highest BCUT2D eigenvalue weighted by Crippen LogP contribution is 2.42. The van der Waals surface area contributed by atoms with Gasteiger partial charge in [-0.2, -0.15) is 0 Å². The van der Waals surface area contributed by atoms with Crippen LogP contribution in [0.3, 0.4) is 0 Å². The SMILES string of the molecule is CC1CCC(C2CC[C@@H](C)[C@@H](C=O)C2)CC1. The molecule has 0 saturated heterocycles. The third-order valence-corrected chi connectivity index (χ3v) is 5.20. The molecule has 0 spiro atoms. The van der Waals surface area contributed by atoms with Gasteiger partial charge in [-0.1, -0.05) is 26.7 Å². The van der Waals surface area contributed by atoms with Gasteiger partial charge in [0.2, 0.25) is 0 Å². The highest BCUT2D eigenvalue weighted by Gasteiger charge is 2.33. The van der Waals surface area contributed by atoms with Crippen molar-refractivity contribution in [3.8, 4) is 0 Å². The van der Waals surface area contributed by atoms with Crippen LogP contribution in [-0.2, 0) is 4.79 Å². The van der Waals surface area contributed by atoms with Crippen LogP contribution in [0.1, 0.15) is 58.8 Å². The molecule has 1 unspecified atom stereocenters.